The van der Waals surface area contributed by atoms with E-state index in [0.29, 0.717) is 17.7 Å². The first-order valence-electron chi connectivity index (χ1n) is 7.92. The molecule has 0 aliphatic heterocycles. The first kappa shape index (κ1) is 16.2. The van der Waals surface area contributed by atoms with Crippen molar-refractivity contribution in [3.05, 3.63) is 42.0 Å². The molecular formula is C18H20N2O4. The van der Waals surface area contributed by atoms with Crippen LogP contribution in [0.2, 0.25) is 0 Å². The fourth-order valence-electron chi connectivity index (χ4n) is 3.73. The molecule has 2 aliphatic rings. The van der Waals surface area contributed by atoms with Crippen LogP contribution in [0.4, 0.5) is 5.69 Å². The van der Waals surface area contributed by atoms with Gasteiger partial charge in [0.2, 0.25) is 5.91 Å². The van der Waals surface area contributed by atoms with Crippen LogP contribution in [0.25, 0.3) is 0 Å². The summed E-state index contributed by atoms with van der Waals surface area (Å²) in [6, 6.07) is 6.68. The molecular weight excluding hydrogens is 308 g/mol. The number of amides is 2. The maximum absolute atomic E-state index is 12.6. The minimum absolute atomic E-state index is 0.0253. The smallest absolute Gasteiger partial charge is 0.307 e. The Balaban J connectivity index is 1.78. The summed E-state index contributed by atoms with van der Waals surface area (Å²) in [5.74, 6) is -2.71. The lowest BCUT2D eigenvalue weighted by atomic mass is 9.82. The van der Waals surface area contributed by atoms with Crippen LogP contribution in [0.3, 0.4) is 0 Å². The number of fused-ring (bicyclic) bond motifs is 2. The van der Waals surface area contributed by atoms with Crippen LogP contribution < -0.4 is 5.32 Å². The van der Waals surface area contributed by atoms with Gasteiger partial charge in [0.15, 0.2) is 0 Å². The number of allylic oxidation sites excluding steroid dienone is 2. The monoisotopic (exact) mass is 328 g/mol. The number of carbonyl (C=O) groups is 3. The first-order chi connectivity index (χ1) is 11.4. The zero-order valence-corrected chi connectivity index (χ0v) is 13.6. The van der Waals surface area contributed by atoms with Crippen LogP contribution in [-0.4, -0.2) is 41.9 Å². The summed E-state index contributed by atoms with van der Waals surface area (Å²) < 4.78 is 0. The number of carbonyl (C=O) groups excluding carboxylic acids is 2. The van der Waals surface area contributed by atoms with Crippen molar-refractivity contribution in [2.45, 2.75) is 6.42 Å². The molecule has 4 atom stereocenters. The normalized spacial score (nSPS) is 27.1. The van der Waals surface area contributed by atoms with Crippen LogP contribution in [0.5, 0.6) is 0 Å². The van der Waals surface area contributed by atoms with Crippen molar-refractivity contribution < 1.29 is 19.5 Å². The van der Waals surface area contributed by atoms with Crippen molar-refractivity contribution in [1.29, 1.82) is 0 Å². The van der Waals surface area contributed by atoms with E-state index in [1.165, 1.54) is 4.90 Å². The number of aliphatic carboxylic acids is 1. The van der Waals surface area contributed by atoms with Crippen LogP contribution in [-0.2, 0) is 9.59 Å². The van der Waals surface area contributed by atoms with E-state index in [1.54, 1.807) is 38.4 Å². The first-order valence-corrected chi connectivity index (χ1v) is 7.92. The summed E-state index contributed by atoms with van der Waals surface area (Å²) in [7, 11) is 3.32. The number of carboxylic acid groups (broad SMARTS) is 1. The summed E-state index contributed by atoms with van der Waals surface area (Å²) >= 11 is 0. The second-order valence-corrected chi connectivity index (χ2v) is 6.61. The van der Waals surface area contributed by atoms with Crippen LogP contribution in [0.1, 0.15) is 16.8 Å². The molecule has 0 spiro atoms. The Bertz CT molecular complexity index is 725. The van der Waals surface area contributed by atoms with Crippen molar-refractivity contribution >= 4 is 23.5 Å². The molecule has 24 heavy (non-hydrogen) atoms. The molecule has 0 saturated heterocycles. The van der Waals surface area contributed by atoms with E-state index in [4.69, 9.17) is 0 Å². The van der Waals surface area contributed by atoms with Gasteiger partial charge >= 0.3 is 5.97 Å². The van der Waals surface area contributed by atoms with Crippen molar-refractivity contribution in [3.63, 3.8) is 0 Å². The zero-order valence-electron chi connectivity index (χ0n) is 13.6. The predicted molar refractivity (Wildman–Crippen MR) is 88.4 cm³/mol. The molecule has 0 aromatic heterocycles. The summed E-state index contributed by atoms with van der Waals surface area (Å²) in [6.45, 7) is 0. The molecule has 1 fully saturated rings. The van der Waals surface area contributed by atoms with Gasteiger partial charge in [-0.2, -0.15) is 0 Å². The Morgan fingerprint density at radius 2 is 1.79 bits per heavy atom. The molecule has 0 heterocycles. The number of carboxylic acids is 1. The largest absolute Gasteiger partial charge is 0.481 e. The molecule has 6 nitrogen and oxygen atoms in total. The molecule has 6 heteroatoms. The fraction of sp³-hybridized carbons (Fsp3) is 0.389. The van der Waals surface area contributed by atoms with Gasteiger partial charge in [0.05, 0.1) is 11.8 Å². The van der Waals surface area contributed by atoms with E-state index >= 15 is 0 Å². The molecule has 2 N–H and O–H groups in total. The van der Waals surface area contributed by atoms with Gasteiger partial charge in [-0.05, 0) is 36.5 Å². The Morgan fingerprint density at radius 3 is 2.42 bits per heavy atom. The van der Waals surface area contributed by atoms with Gasteiger partial charge < -0.3 is 15.3 Å². The summed E-state index contributed by atoms with van der Waals surface area (Å²) in [4.78, 5) is 37.6. The maximum Gasteiger partial charge on any atom is 0.307 e. The molecule has 1 aromatic carbocycles. The Morgan fingerprint density at radius 1 is 1.12 bits per heavy atom. The number of benzene rings is 1. The van der Waals surface area contributed by atoms with Gasteiger partial charge in [0.25, 0.3) is 5.91 Å². The maximum atomic E-state index is 12.6. The van der Waals surface area contributed by atoms with E-state index in [2.05, 4.69) is 5.32 Å². The SMILES string of the molecule is CN(C)C(=O)c1cccc(NC(=O)[C@@H]2[C@@H](C(=O)O)[C@H]3C=C[C@H]2C3)c1. The van der Waals surface area contributed by atoms with E-state index in [9.17, 15) is 19.5 Å². The lowest BCUT2D eigenvalue weighted by molar-refractivity contribution is -0.146. The third-order valence-electron chi connectivity index (χ3n) is 4.83. The zero-order chi connectivity index (χ0) is 17.4. The Labute approximate surface area is 140 Å². The number of nitrogens with zero attached hydrogens (tertiary/aromatic N) is 1. The quantitative estimate of drug-likeness (QED) is 0.826. The van der Waals surface area contributed by atoms with Gasteiger partial charge in [-0.15, -0.1) is 0 Å². The van der Waals surface area contributed by atoms with E-state index in [1.807, 2.05) is 12.2 Å². The second kappa shape index (κ2) is 6.11. The van der Waals surface area contributed by atoms with Crippen LogP contribution in [0, 0.1) is 23.7 Å². The topological polar surface area (TPSA) is 86.7 Å². The second-order valence-electron chi connectivity index (χ2n) is 6.61. The number of hydrogen-bond acceptors (Lipinski definition) is 3. The molecule has 0 unspecified atom stereocenters. The van der Waals surface area contributed by atoms with Gasteiger partial charge in [0, 0.05) is 25.3 Å². The average Bonchev–Trinajstić information content (AvgIpc) is 3.15. The van der Waals surface area contributed by atoms with E-state index in [-0.39, 0.29) is 23.7 Å². The van der Waals surface area contributed by atoms with E-state index < -0.39 is 17.8 Å². The number of hydrogen-bond donors (Lipinski definition) is 2. The van der Waals surface area contributed by atoms with Gasteiger partial charge in [0.1, 0.15) is 0 Å². The highest BCUT2D eigenvalue weighted by atomic mass is 16.4. The van der Waals surface area contributed by atoms with Gasteiger partial charge in [-0.25, -0.2) is 0 Å². The fourth-order valence-corrected chi connectivity index (χ4v) is 3.73. The highest BCUT2D eigenvalue weighted by Crippen LogP contribution is 2.48. The molecule has 3 rings (SSSR count). The van der Waals surface area contributed by atoms with Crippen LogP contribution >= 0.6 is 0 Å². The standard InChI is InChI=1S/C18H20N2O4/c1-20(2)17(22)12-4-3-5-13(9-12)19-16(21)14-10-6-7-11(8-10)15(14)18(23)24/h3-7,9-11,14-15H,8H2,1-2H3,(H,19,21)(H,23,24)/t10-,11-,14-,15-/m0/s1. The summed E-state index contributed by atoms with van der Waals surface area (Å²) in [5.41, 5.74) is 0.976. The average molecular weight is 328 g/mol. The Kier molecular flexibility index (Phi) is 4.13. The lowest BCUT2D eigenvalue weighted by Crippen LogP contribution is -2.36. The molecule has 2 amide bonds. The third-order valence-corrected chi connectivity index (χ3v) is 4.83. The predicted octanol–water partition coefficient (Wildman–Crippen LogP) is 1.85. The summed E-state index contributed by atoms with van der Waals surface area (Å²) in [6.07, 6.45) is 4.57. The molecule has 2 aliphatic carbocycles. The van der Waals surface area contributed by atoms with Crippen molar-refractivity contribution in [3.8, 4) is 0 Å². The van der Waals surface area contributed by atoms with Crippen molar-refractivity contribution in [1.82, 2.24) is 4.90 Å². The molecule has 1 saturated carbocycles. The van der Waals surface area contributed by atoms with E-state index in [0.717, 1.165) is 0 Å². The van der Waals surface area contributed by atoms with Crippen molar-refractivity contribution in [2.75, 3.05) is 19.4 Å². The summed E-state index contributed by atoms with van der Waals surface area (Å²) in [5, 5.41) is 12.2. The van der Waals surface area contributed by atoms with Gasteiger partial charge in [-0.1, -0.05) is 18.2 Å². The molecule has 126 valence electrons. The highest BCUT2D eigenvalue weighted by molar-refractivity contribution is 5.99. The number of nitrogens with one attached hydrogen (secondary N) is 1. The molecule has 1 aromatic rings. The highest BCUT2D eigenvalue weighted by Gasteiger charge is 2.51. The molecule has 0 radical (unpaired) electrons. The lowest BCUT2D eigenvalue weighted by Gasteiger charge is -2.24. The van der Waals surface area contributed by atoms with Crippen LogP contribution in [0.15, 0.2) is 36.4 Å². The number of anilines is 1. The minimum Gasteiger partial charge on any atom is -0.481 e. The van der Waals surface area contributed by atoms with Crippen molar-refractivity contribution in [2.24, 2.45) is 23.7 Å². The Hall–Kier alpha value is -2.63. The third kappa shape index (κ3) is 2.79. The number of rotatable bonds is 4. The molecule has 2 bridgehead atoms. The van der Waals surface area contributed by atoms with Gasteiger partial charge in [-0.3, -0.25) is 14.4 Å². The minimum atomic E-state index is -0.927.